The van der Waals surface area contributed by atoms with Crippen LogP contribution >= 0.6 is 0 Å². The number of benzene rings is 1. The van der Waals surface area contributed by atoms with Crippen LogP contribution < -0.4 is 20.5 Å². The van der Waals surface area contributed by atoms with Crippen molar-refractivity contribution in [3.8, 4) is 17.3 Å². The van der Waals surface area contributed by atoms with E-state index in [9.17, 15) is 27.9 Å². The van der Waals surface area contributed by atoms with Crippen LogP contribution in [0.5, 0.6) is 11.6 Å². The largest absolute Gasteiger partial charge is 0.481 e. The molecular formula is C22H23F4N5O5. The molecule has 2 heterocycles. The van der Waals surface area contributed by atoms with E-state index < -0.39 is 59.7 Å². The van der Waals surface area contributed by atoms with Crippen LogP contribution in [0.15, 0.2) is 29.2 Å². The van der Waals surface area contributed by atoms with Gasteiger partial charge < -0.3 is 19.9 Å². The van der Waals surface area contributed by atoms with Crippen LogP contribution in [-0.4, -0.2) is 56.7 Å². The summed E-state index contributed by atoms with van der Waals surface area (Å²) in [6.07, 6.45) is -5.33. The number of hydrogen-bond acceptors (Lipinski definition) is 7. The minimum Gasteiger partial charge on any atom is -0.481 e. The number of carbonyl (C=O) groups excluding carboxylic acids is 1. The summed E-state index contributed by atoms with van der Waals surface area (Å²) in [4.78, 5) is 29.6. The molecule has 0 aliphatic heterocycles. The van der Waals surface area contributed by atoms with Crippen molar-refractivity contribution in [2.45, 2.75) is 32.5 Å². The number of nitrogens with zero attached hydrogens (tertiary/aromatic N) is 4. The van der Waals surface area contributed by atoms with Crippen molar-refractivity contribution in [1.82, 2.24) is 19.3 Å². The number of amides is 1. The number of aromatic nitrogens is 4. The SMILES string of the molecule is COc1nccc(C)c1NC(=O)c1cc(F)c(-n2nc([C@H](C)O)n(C)c2=O)cc1O[C@@H](CF)C(F)F. The number of ether oxygens (including phenoxy) is 2. The topological polar surface area (TPSA) is 120 Å². The van der Waals surface area contributed by atoms with Gasteiger partial charge in [0, 0.05) is 19.3 Å². The third-order valence-corrected chi connectivity index (χ3v) is 5.18. The fourth-order valence-electron chi connectivity index (χ4n) is 3.29. The highest BCUT2D eigenvalue weighted by Gasteiger charge is 2.28. The van der Waals surface area contributed by atoms with E-state index in [-0.39, 0.29) is 17.4 Å². The Morgan fingerprint density at radius 2 is 2.00 bits per heavy atom. The predicted molar refractivity (Wildman–Crippen MR) is 119 cm³/mol. The molecule has 0 bridgehead atoms. The van der Waals surface area contributed by atoms with Crippen molar-refractivity contribution in [2.75, 3.05) is 19.1 Å². The molecule has 0 spiro atoms. The first-order valence-electron chi connectivity index (χ1n) is 10.5. The maximum atomic E-state index is 15.2. The van der Waals surface area contributed by atoms with E-state index in [0.29, 0.717) is 16.3 Å². The maximum Gasteiger partial charge on any atom is 0.350 e. The second-order valence-electron chi connectivity index (χ2n) is 7.70. The summed E-state index contributed by atoms with van der Waals surface area (Å²) < 4.78 is 66.6. The standard InChI is InChI=1S/C22H23F4N5O5/c1-10-5-6-27-21(35-4)17(10)28-20(33)12-7-13(24)14(8-15(12)36-16(9-23)18(25)26)31-22(34)30(3)19(29-31)11(2)32/h5-8,11,16,18,32H,9H2,1-4H3,(H,28,33)/t11-,16-/m0/s1. The van der Waals surface area contributed by atoms with Crippen LogP contribution in [0.25, 0.3) is 5.69 Å². The number of methoxy groups -OCH3 is 1. The van der Waals surface area contributed by atoms with Crippen molar-refractivity contribution >= 4 is 11.6 Å². The summed E-state index contributed by atoms with van der Waals surface area (Å²) in [6.45, 7) is 1.34. The van der Waals surface area contributed by atoms with Crippen molar-refractivity contribution < 1.29 is 36.9 Å². The van der Waals surface area contributed by atoms with E-state index in [1.807, 2.05) is 0 Å². The molecule has 2 N–H and O–H groups in total. The summed E-state index contributed by atoms with van der Waals surface area (Å²) in [6, 6.07) is 2.98. The zero-order valence-corrected chi connectivity index (χ0v) is 19.6. The average molecular weight is 513 g/mol. The van der Waals surface area contributed by atoms with Gasteiger partial charge in [-0.3, -0.25) is 9.36 Å². The predicted octanol–water partition coefficient (Wildman–Crippen LogP) is 2.71. The first-order valence-corrected chi connectivity index (χ1v) is 10.5. The molecular weight excluding hydrogens is 490 g/mol. The molecule has 2 atom stereocenters. The number of rotatable bonds is 9. The number of alkyl halides is 3. The lowest BCUT2D eigenvalue weighted by Crippen LogP contribution is -2.29. The molecule has 194 valence electrons. The molecule has 14 heteroatoms. The summed E-state index contributed by atoms with van der Waals surface area (Å²) in [5.41, 5.74) is -1.37. The van der Waals surface area contributed by atoms with Crippen LogP contribution in [0.1, 0.15) is 34.8 Å². The minimum atomic E-state index is -3.28. The third-order valence-electron chi connectivity index (χ3n) is 5.18. The molecule has 0 unspecified atom stereocenters. The lowest BCUT2D eigenvalue weighted by Gasteiger charge is -2.19. The zero-order valence-electron chi connectivity index (χ0n) is 19.6. The van der Waals surface area contributed by atoms with Crippen LogP contribution in [0, 0.1) is 12.7 Å². The van der Waals surface area contributed by atoms with Gasteiger partial charge in [-0.25, -0.2) is 27.3 Å². The highest BCUT2D eigenvalue weighted by Crippen LogP contribution is 2.31. The molecule has 0 fully saturated rings. The molecule has 0 aliphatic rings. The summed E-state index contributed by atoms with van der Waals surface area (Å²) in [7, 11) is 2.59. The maximum absolute atomic E-state index is 15.2. The molecule has 36 heavy (non-hydrogen) atoms. The molecule has 0 saturated carbocycles. The van der Waals surface area contributed by atoms with Gasteiger partial charge in [0.15, 0.2) is 11.9 Å². The first kappa shape index (κ1) is 26.7. The second-order valence-corrected chi connectivity index (χ2v) is 7.70. The van der Waals surface area contributed by atoms with Crippen LogP contribution in [-0.2, 0) is 7.05 Å². The van der Waals surface area contributed by atoms with Gasteiger partial charge in [-0.1, -0.05) is 0 Å². The van der Waals surface area contributed by atoms with Crippen molar-refractivity contribution in [1.29, 1.82) is 0 Å². The molecule has 2 aromatic heterocycles. The number of aliphatic hydroxyl groups excluding tert-OH is 1. The molecule has 1 aromatic carbocycles. The van der Waals surface area contributed by atoms with E-state index >= 15 is 4.39 Å². The van der Waals surface area contributed by atoms with Gasteiger partial charge in [0.2, 0.25) is 5.88 Å². The highest BCUT2D eigenvalue weighted by molar-refractivity contribution is 6.07. The van der Waals surface area contributed by atoms with Crippen molar-refractivity contribution in [2.24, 2.45) is 7.05 Å². The number of pyridine rings is 1. The Morgan fingerprint density at radius 3 is 2.56 bits per heavy atom. The van der Waals surface area contributed by atoms with Crippen LogP contribution in [0.4, 0.5) is 23.2 Å². The normalized spacial score (nSPS) is 12.9. The Morgan fingerprint density at radius 1 is 1.31 bits per heavy atom. The van der Waals surface area contributed by atoms with E-state index in [0.717, 1.165) is 10.6 Å². The van der Waals surface area contributed by atoms with Gasteiger partial charge in [0.05, 0.1) is 12.7 Å². The van der Waals surface area contributed by atoms with Crippen LogP contribution in [0.3, 0.4) is 0 Å². The first-order chi connectivity index (χ1) is 17.0. The zero-order chi connectivity index (χ0) is 26.7. The molecule has 0 aliphatic carbocycles. The van der Waals surface area contributed by atoms with E-state index in [2.05, 4.69) is 15.4 Å². The molecule has 0 saturated heterocycles. The van der Waals surface area contributed by atoms with E-state index in [4.69, 9.17) is 9.47 Å². The lowest BCUT2D eigenvalue weighted by atomic mass is 10.1. The van der Waals surface area contributed by atoms with Crippen molar-refractivity contribution in [3.05, 3.63) is 57.6 Å². The Bertz CT molecular complexity index is 1320. The van der Waals surface area contributed by atoms with Gasteiger partial charge in [-0.2, -0.15) is 4.68 Å². The molecule has 3 aromatic rings. The average Bonchev–Trinajstić information content (AvgIpc) is 3.13. The Labute approximate surface area is 202 Å². The Hall–Kier alpha value is -3.94. The van der Waals surface area contributed by atoms with Gasteiger partial charge in [-0.05, 0) is 31.5 Å². The number of halogens is 4. The van der Waals surface area contributed by atoms with Gasteiger partial charge in [-0.15, -0.1) is 5.10 Å². The molecule has 3 rings (SSSR count). The Balaban J connectivity index is 2.16. The third kappa shape index (κ3) is 5.17. The Kier molecular flexibility index (Phi) is 7.97. The number of aryl methyl sites for hydroxylation is 1. The van der Waals surface area contributed by atoms with Gasteiger partial charge in [0.25, 0.3) is 12.3 Å². The number of carbonyl (C=O) groups is 1. The second kappa shape index (κ2) is 10.8. The number of nitrogens with one attached hydrogen (secondary N) is 1. The van der Waals surface area contributed by atoms with E-state index in [1.54, 1.807) is 13.0 Å². The number of hydrogen-bond donors (Lipinski definition) is 2. The van der Waals surface area contributed by atoms with Crippen LogP contribution in [0.2, 0.25) is 0 Å². The minimum absolute atomic E-state index is 0.0304. The van der Waals surface area contributed by atoms with Crippen molar-refractivity contribution in [3.63, 3.8) is 0 Å². The van der Waals surface area contributed by atoms with Gasteiger partial charge in [0.1, 0.15) is 35.7 Å². The highest BCUT2D eigenvalue weighted by atomic mass is 19.3. The fourth-order valence-corrected chi connectivity index (χ4v) is 3.29. The summed E-state index contributed by atoms with van der Waals surface area (Å²) >= 11 is 0. The monoisotopic (exact) mass is 513 g/mol. The molecule has 1 amide bonds. The number of aliphatic hydroxyl groups is 1. The van der Waals surface area contributed by atoms with E-state index in [1.165, 1.54) is 27.3 Å². The van der Waals surface area contributed by atoms with Gasteiger partial charge >= 0.3 is 5.69 Å². The smallest absolute Gasteiger partial charge is 0.350 e. The summed E-state index contributed by atoms with van der Waals surface area (Å²) in [5, 5.41) is 16.1. The summed E-state index contributed by atoms with van der Waals surface area (Å²) in [5.74, 6) is -2.87. The quantitative estimate of drug-likeness (QED) is 0.422. The lowest BCUT2D eigenvalue weighted by molar-refractivity contribution is -0.00159. The number of anilines is 1. The fraction of sp³-hybridized carbons (Fsp3) is 0.364. The molecule has 10 nitrogen and oxygen atoms in total. The molecule has 0 radical (unpaired) electrons.